The van der Waals surface area contributed by atoms with E-state index in [1.54, 1.807) is 0 Å². The summed E-state index contributed by atoms with van der Waals surface area (Å²) in [5.41, 5.74) is 6.61. The zero-order chi connectivity index (χ0) is 20.8. The highest BCUT2D eigenvalue weighted by Crippen LogP contribution is 2.41. The summed E-state index contributed by atoms with van der Waals surface area (Å²) in [6, 6.07) is 9.11. The Morgan fingerprint density at radius 1 is 1.21 bits per heavy atom. The van der Waals surface area contributed by atoms with Crippen molar-refractivity contribution in [3.05, 3.63) is 35.9 Å². The second kappa shape index (κ2) is 9.91. The van der Waals surface area contributed by atoms with E-state index in [1.165, 1.54) is 11.3 Å². The van der Waals surface area contributed by atoms with Crippen molar-refractivity contribution in [1.29, 1.82) is 0 Å². The standard InChI is InChI=1S/C21H30N4O3S/c22-18(26)12-17(24-20(29)23-13-14-6-2-1-3-7-14)19-16-9-5-4-8-15(16)10-11-25(19)21(27)28/h1-3,6-7,15-17,19H,4-5,8-13H2,(H2,22,26)(H,27,28)(H2,23,24,29). The predicted octanol–water partition coefficient (Wildman–Crippen LogP) is 2.45. The minimum atomic E-state index is -0.946. The van der Waals surface area contributed by atoms with E-state index in [9.17, 15) is 14.7 Å². The van der Waals surface area contributed by atoms with E-state index in [-0.39, 0.29) is 18.4 Å². The Kier molecular flexibility index (Phi) is 7.30. The molecule has 3 rings (SSSR count). The Labute approximate surface area is 177 Å². The van der Waals surface area contributed by atoms with Crippen LogP contribution in [0.15, 0.2) is 30.3 Å². The SMILES string of the molecule is NC(=O)CC(NC(=S)NCc1ccccc1)C1C2CCCCC2CCN1C(=O)O. The molecule has 158 valence electrons. The Morgan fingerprint density at radius 3 is 2.62 bits per heavy atom. The van der Waals surface area contributed by atoms with Gasteiger partial charge in [0.1, 0.15) is 0 Å². The van der Waals surface area contributed by atoms with E-state index in [4.69, 9.17) is 18.0 Å². The monoisotopic (exact) mass is 418 g/mol. The number of nitrogens with zero attached hydrogens (tertiary/aromatic N) is 1. The molecule has 1 aliphatic heterocycles. The first-order chi connectivity index (χ1) is 14.0. The van der Waals surface area contributed by atoms with Crippen molar-refractivity contribution >= 4 is 29.3 Å². The fraction of sp³-hybridized carbons (Fsp3) is 0.571. The summed E-state index contributed by atoms with van der Waals surface area (Å²) in [6.07, 6.45) is 4.35. The van der Waals surface area contributed by atoms with E-state index < -0.39 is 18.0 Å². The number of rotatable bonds is 6. The Morgan fingerprint density at radius 2 is 1.93 bits per heavy atom. The lowest BCUT2D eigenvalue weighted by atomic mass is 9.69. The van der Waals surface area contributed by atoms with Gasteiger partial charge in [0.05, 0.1) is 12.1 Å². The number of benzene rings is 1. The molecule has 0 spiro atoms. The maximum Gasteiger partial charge on any atom is 0.407 e. The molecule has 29 heavy (non-hydrogen) atoms. The van der Waals surface area contributed by atoms with Crippen LogP contribution < -0.4 is 16.4 Å². The van der Waals surface area contributed by atoms with Gasteiger partial charge in [-0.25, -0.2) is 4.79 Å². The number of nitrogens with one attached hydrogen (secondary N) is 2. The van der Waals surface area contributed by atoms with Crippen molar-refractivity contribution in [2.75, 3.05) is 6.54 Å². The van der Waals surface area contributed by atoms with Crippen LogP contribution in [0.2, 0.25) is 0 Å². The molecule has 7 nitrogen and oxygen atoms in total. The number of fused-ring (bicyclic) bond motifs is 1. The summed E-state index contributed by atoms with van der Waals surface area (Å²) >= 11 is 5.46. The van der Waals surface area contributed by atoms with Crippen molar-refractivity contribution in [3.63, 3.8) is 0 Å². The Hall–Kier alpha value is -2.35. The van der Waals surface area contributed by atoms with Gasteiger partial charge >= 0.3 is 6.09 Å². The van der Waals surface area contributed by atoms with Gasteiger partial charge in [-0.05, 0) is 42.5 Å². The van der Waals surface area contributed by atoms with Gasteiger partial charge in [-0.3, -0.25) is 4.79 Å². The maximum atomic E-state index is 12.0. The first-order valence-electron chi connectivity index (χ1n) is 10.3. The molecule has 1 heterocycles. The quantitative estimate of drug-likeness (QED) is 0.529. The molecule has 1 saturated carbocycles. The summed E-state index contributed by atoms with van der Waals surface area (Å²) in [4.78, 5) is 25.3. The van der Waals surface area contributed by atoms with Crippen molar-refractivity contribution in [1.82, 2.24) is 15.5 Å². The summed E-state index contributed by atoms with van der Waals surface area (Å²) in [5.74, 6) is 0.256. The average molecular weight is 419 g/mol. The van der Waals surface area contributed by atoms with Gasteiger partial charge in [0.25, 0.3) is 0 Å². The lowest BCUT2D eigenvalue weighted by Crippen LogP contribution is -2.62. The molecule has 2 amide bonds. The molecule has 0 radical (unpaired) electrons. The van der Waals surface area contributed by atoms with Gasteiger partial charge < -0.3 is 26.4 Å². The molecule has 1 aliphatic carbocycles. The maximum absolute atomic E-state index is 12.0. The molecular formula is C21H30N4O3S. The average Bonchev–Trinajstić information content (AvgIpc) is 2.71. The van der Waals surface area contributed by atoms with Gasteiger partial charge in [-0.2, -0.15) is 0 Å². The lowest BCUT2D eigenvalue weighted by molar-refractivity contribution is -0.119. The molecule has 0 bridgehead atoms. The number of carbonyl (C=O) groups is 2. The van der Waals surface area contributed by atoms with Gasteiger partial charge in [0, 0.05) is 19.5 Å². The second-order valence-corrected chi connectivity index (χ2v) is 8.46. The normalized spacial score (nSPS) is 24.8. The number of amides is 2. The molecule has 8 heteroatoms. The number of carbonyl (C=O) groups excluding carboxylic acids is 1. The van der Waals surface area contributed by atoms with Crippen LogP contribution in [0.3, 0.4) is 0 Å². The van der Waals surface area contributed by atoms with Crippen molar-refractivity contribution in [3.8, 4) is 0 Å². The second-order valence-electron chi connectivity index (χ2n) is 8.05. The molecule has 4 atom stereocenters. The zero-order valence-electron chi connectivity index (χ0n) is 16.5. The third-order valence-electron chi connectivity index (χ3n) is 6.20. The molecule has 2 aliphatic rings. The van der Waals surface area contributed by atoms with Gasteiger partial charge in [-0.15, -0.1) is 0 Å². The number of carboxylic acid groups (broad SMARTS) is 1. The number of likely N-dealkylation sites (tertiary alicyclic amines) is 1. The highest BCUT2D eigenvalue weighted by Gasteiger charge is 2.45. The van der Waals surface area contributed by atoms with Crippen LogP contribution >= 0.6 is 12.2 Å². The van der Waals surface area contributed by atoms with Crippen LogP contribution in [0.25, 0.3) is 0 Å². The smallest absolute Gasteiger partial charge is 0.407 e. The summed E-state index contributed by atoms with van der Waals surface area (Å²) in [7, 11) is 0. The van der Waals surface area contributed by atoms with E-state index in [1.807, 2.05) is 30.3 Å². The van der Waals surface area contributed by atoms with Gasteiger partial charge in [0.2, 0.25) is 5.91 Å². The van der Waals surface area contributed by atoms with Crippen LogP contribution in [0.5, 0.6) is 0 Å². The topological polar surface area (TPSA) is 108 Å². The van der Waals surface area contributed by atoms with Crippen LogP contribution in [0.4, 0.5) is 4.79 Å². The summed E-state index contributed by atoms with van der Waals surface area (Å²) in [6.45, 7) is 1.04. The molecule has 1 aromatic rings. The van der Waals surface area contributed by atoms with Crippen LogP contribution in [-0.2, 0) is 11.3 Å². The number of primary amides is 1. The summed E-state index contributed by atoms with van der Waals surface area (Å²) in [5, 5.41) is 16.6. The minimum absolute atomic E-state index is 0.0465. The molecule has 1 saturated heterocycles. The molecule has 5 N–H and O–H groups in total. The zero-order valence-corrected chi connectivity index (χ0v) is 17.4. The van der Waals surface area contributed by atoms with Crippen LogP contribution in [-0.4, -0.2) is 45.7 Å². The Bertz CT molecular complexity index is 730. The molecule has 4 unspecified atom stereocenters. The fourth-order valence-corrected chi connectivity index (χ4v) is 5.16. The molecule has 1 aromatic carbocycles. The van der Waals surface area contributed by atoms with E-state index in [2.05, 4.69) is 10.6 Å². The highest BCUT2D eigenvalue weighted by atomic mass is 32.1. The number of thiocarbonyl (C=S) groups is 1. The van der Waals surface area contributed by atoms with Crippen molar-refractivity contribution in [2.45, 2.75) is 57.2 Å². The van der Waals surface area contributed by atoms with Gasteiger partial charge in [-0.1, -0.05) is 49.6 Å². The molecular weight excluding hydrogens is 388 g/mol. The highest BCUT2D eigenvalue weighted by molar-refractivity contribution is 7.80. The number of nitrogens with two attached hydrogens (primary N) is 1. The lowest BCUT2D eigenvalue weighted by Gasteiger charge is -2.49. The number of hydrogen-bond donors (Lipinski definition) is 4. The van der Waals surface area contributed by atoms with E-state index in [0.29, 0.717) is 24.1 Å². The Balaban J connectivity index is 1.74. The van der Waals surface area contributed by atoms with E-state index >= 15 is 0 Å². The first-order valence-corrected chi connectivity index (χ1v) is 10.7. The van der Waals surface area contributed by atoms with Crippen LogP contribution in [0, 0.1) is 11.8 Å². The first kappa shape index (κ1) is 21.4. The number of piperidine rings is 1. The fourth-order valence-electron chi connectivity index (χ4n) is 4.94. The molecule has 2 fully saturated rings. The largest absolute Gasteiger partial charge is 0.465 e. The third-order valence-corrected chi connectivity index (χ3v) is 6.46. The molecule has 0 aromatic heterocycles. The predicted molar refractivity (Wildman–Crippen MR) is 115 cm³/mol. The minimum Gasteiger partial charge on any atom is -0.465 e. The van der Waals surface area contributed by atoms with Gasteiger partial charge in [0.15, 0.2) is 5.11 Å². The third kappa shape index (κ3) is 5.59. The van der Waals surface area contributed by atoms with Crippen molar-refractivity contribution in [2.24, 2.45) is 17.6 Å². The van der Waals surface area contributed by atoms with E-state index in [0.717, 1.165) is 31.2 Å². The summed E-state index contributed by atoms with van der Waals surface area (Å²) < 4.78 is 0. The van der Waals surface area contributed by atoms with Crippen molar-refractivity contribution < 1.29 is 14.7 Å². The van der Waals surface area contributed by atoms with Crippen LogP contribution in [0.1, 0.15) is 44.1 Å². The number of hydrogen-bond acceptors (Lipinski definition) is 3.